The van der Waals surface area contributed by atoms with E-state index in [1.54, 1.807) is 0 Å². The van der Waals surface area contributed by atoms with Crippen molar-refractivity contribution in [3.05, 3.63) is 65.2 Å². The molecule has 0 aliphatic carbocycles. The van der Waals surface area contributed by atoms with Gasteiger partial charge in [0, 0.05) is 38.8 Å². The Balaban J connectivity index is 1.19. The van der Waals surface area contributed by atoms with E-state index in [4.69, 9.17) is 31.7 Å². The molecular weight excluding hydrogens is 484 g/mol. The van der Waals surface area contributed by atoms with Crippen molar-refractivity contribution >= 4 is 34.9 Å². The topological polar surface area (TPSA) is 74.8 Å². The normalized spacial score (nSPS) is 16.9. The maximum atomic E-state index is 5.62. The van der Waals surface area contributed by atoms with Crippen LogP contribution in [0.5, 0.6) is 11.5 Å². The number of aromatic nitrogens is 2. The molecule has 37 heavy (non-hydrogen) atoms. The molecule has 3 aliphatic heterocycles. The van der Waals surface area contributed by atoms with Crippen LogP contribution in [-0.4, -0.2) is 41.5 Å². The zero-order valence-electron chi connectivity index (χ0n) is 21.1. The van der Waals surface area contributed by atoms with Gasteiger partial charge in [0.15, 0.2) is 16.6 Å². The Morgan fingerprint density at radius 1 is 0.946 bits per heavy atom. The van der Waals surface area contributed by atoms with Crippen LogP contribution in [0.1, 0.15) is 36.5 Å². The summed E-state index contributed by atoms with van der Waals surface area (Å²) < 4.78 is 10.9. The lowest BCUT2D eigenvalue weighted by atomic mass is 9.99. The molecule has 0 unspecified atom stereocenters. The van der Waals surface area contributed by atoms with Gasteiger partial charge in [-0.3, -0.25) is 0 Å². The van der Waals surface area contributed by atoms with Crippen LogP contribution in [0.2, 0.25) is 0 Å². The number of hydrogen-bond acceptors (Lipinski definition) is 7. The maximum Gasteiger partial charge on any atom is 0.232 e. The van der Waals surface area contributed by atoms with E-state index in [0.717, 1.165) is 67.2 Å². The smallest absolute Gasteiger partial charge is 0.232 e. The van der Waals surface area contributed by atoms with Gasteiger partial charge in [0.25, 0.3) is 0 Å². The number of rotatable bonds is 5. The molecule has 0 saturated carbocycles. The zero-order valence-corrected chi connectivity index (χ0v) is 21.9. The molecule has 0 spiro atoms. The highest BCUT2D eigenvalue weighted by molar-refractivity contribution is 7.80. The third kappa shape index (κ3) is 5.41. The van der Waals surface area contributed by atoms with Gasteiger partial charge in [-0.05, 0) is 66.2 Å². The third-order valence-corrected chi connectivity index (χ3v) is 7.62. The van der Waals surface area contributed by atoms with E-state index in [-0.39, 0.29) is 6.79 Å². The summed E-state index contributed by atoms with van der Waals surface area (Å²) in [5, 5.41) is 7.00. The molecule has 1 fully saturated rings. The van der Waals surface area contributed by atoms with Crippen molar-refractivity contribution in [3.8, 4) is 11.5 Å². The fourth-order valence-electron chi connectivity index (χ4n) is 5.11. The van der Waals surface area contributed by atoms with Crippen molar-refractivity contribution in [2.45, 2.75) is 39.3 Å². The Morgan fingerprint density at radius 3 is 2.54 bits per heavy atom. The Labute approximate surface area is 223 Å². The Morgan fingerprint density at radius 2 is 1.70 bits per heavy atom. The van der Waals surface area contributed by atoms with Crippen LogP contribution >= 0.6 is 12.2 Å². The van der Waals surface area contributed by atoms with E-state index in [2.05, 4.69) is 57.7 Å². The zero-order chi connectivity index (χ0) is 25.2. The average molecular weight is 517 g/mol. The molecule has 192 valence electrons. The van der Waals surface area contributed by atoms with Crippen molar-refractivity contribution in [3.63, 3.8) is 0 Å². The monoisotopic (exact) mass is 516 g/mol. The van der Waals surface area contributed by atoms with E-state index in [1.165, 1.54) is 24.0 Å². The average Bonchev–Trinajstić information content (AvgIpc) is 3.40. The van der Waals surface area contributed by atoms with Gasteiger partial charge in [-0.15, -0.1) is 0 Å². The Bertz CT molecular complexity index is 1290. The first-order valence-corrected chi connectivity index (χ1v) is 13.4. The van der Waals surface area contributed by atoms with Crippen molar-refractivity contribution in [1.29, 1.82) is 0 Å². The van der Waals surface area contributed by atoms with Crippen LogP contribution in [0.25, 0.3) is 0 Å². The first-order valence-electron chi connectivity index (χ1n) is 13.0. The molecule has 0 bridgehead atoms. The minimum atomic E-state index is 0.265. The van der Waals surface area contributed by atoms with Gasteiger partial charge in [0.2, 0.25) is 12.7 Å². The number of piperidine rings is 1. The molecule has 8 nitrogen and oxygen atoms in total. The molecule has 2 aromatic carbocycles. The van der Waals surface area contributed by atoms with Gasteiger partial charge < -0.3 is 29.9 Å². The lowest BCUT2D eigenvalue weighted by Crippen LogP contribution is -2.35. The van der Waals surface area contributed by atoms with E-state index >= 15 is 0 Å². The highest BCUT2D eigenvalue weighted by Crippen LogP contribution is 2.32. The lowest BCUT2D eigenvalue weighted by Gasteiger charge is -2.33. The first-order chi connectivity index (χ1) is 18.1. The predicted octanol–water partition coefficient (Wildman–Crippen LogP) is 4.49. The van der Waals surface area contributed by atoms with Crippen LogP contribution in [0.4, 0.5) is 17.6 Å². The van der Waals surface area contributed by atoms with Crippen LogP contribution in [-0.2, 0) is 19.5 Å². The molecule has 1 saturated heterocycles. The van der Waals surface area contributed by atoms with Crippen molar-refractivity contribution < 1.29 is 9.47 Å². The minimum Gasteiger partial charge on any atom is -0.454 e. The molecule has 0 amide bonds. The predicted molar refractivity (Wildman–Crippen MR) is 149 cm³/mol. The van der Waals surface area contributed by atoms with Gasteiger partial charge in [0.05, 0.1) is 0 Å². The summed E-state index contributed by atoms with van der Waals surface area (Å²) in [5.74, 6) is 4.69. The number of thiocarbonyl (C=S) groups is 1. The van der Waals surface area contributed by atoms with E-state index in [0.29, 0.717) is 17.6 Å². The molecule has 0 atom stereocenters. The minimum absolute atomic E-state index is 0.265. The standard InChI is InChI=1S/C28H32N6O2S/c1-19-8-11-33(12-9-19)25-15-26(34-13-10-21-4-2-3-5-22(21)17-34)31-27(30-25)32-28(37)29-16-20-6-7-23-24(14-20)36-18-35-23/h2-7,14-15,19H,8-13,16-18H2,1H3,(H2,29,30,31,32,37). The maximum absolute atomic E-state index is 5.62. The van der Waals surface area contributed by atoms with Crippen LogP contribution in [0, 0.1) is 5.92 Å². The summed E-state index contributed by atoms with van der Waals surface area (Å²) in [6.45, 7) is 6.93. The summed E-state index contributed by atoms with van der Waals surface area (Å²) in [5.41, 5.74) is 3.83. The quantitative estimate of drug-likeness (QED) is 0.477. The van der Waals surface area contributed by atoms with E-state index < -0.39 is 0 Å². The molecule has 9 heteroatoms. The Hall–Kier alpha value is -3.59. The fourth-order valence-corrected chi connectivity index (χ4v) is 5.27. The van der Waals surface area contributed by atoms with Crippen LogP contribution in [0.3, 0.4) is 0 Å². The molecule has 3 aromatic rings. The molecule has 2 N–H and O–H groups in total. The summed E-state index contributed by atoms with van der Waals surface area (Å²) in [6, 6.07) is 16.7. The summed E-state index contributed by atoms with van der Waals surface area (Å²) in [4.78, 5) is 14.5. The highest BCUT2D eigenvalue weighted by Gasteiger charge is 2.22. The SMILES string of the molecule is CC1CCN(c2cc(N3CCc4ccccc4C3)nc(NC(=S)NCc3ccc4c(c3)OCO4)n2)CC1. The number of nitrogens with zero attached hydrogens (tertiary/aromatic N) is 4. The molecule has 0 radical (unpaired) electrons. The lowest BCUT2D eigenvalue weighted by molar-refractivity contribution is 0.174. The number of ether oxygens (including phenoxy) is 2. The van der Waals surface area contributed by atoms with E-state index in [1.807, 2.05) is 18.2 Å². The molecule has 4 heterocycles. The van der Waals surface area contributed by atoms with Gasteiger partial charge in [-0.1, -0.05) is 37.3 Å². The van der Waals surface area contributed by atoms with Crippen LogP contribution < -0.4 is 29.9 Å². The first kappa shape index (κ1) is 23.8. The second-order valence-electron chi connectivity index (χ2n) is 10.0. The highest BCUT2D eigenvalue weighted by atomic mass is 32.1. The van der Waals surface area contributed by atoms with Gasteiger partial charge in [-0.2, -0.15) is 9.97 Å². The number of fused-ring (bicyclic) bond motifs is 2. The second kappa shape index (κ2) is 10.4. The summed E-state index contributed by atoms with van der Waals surface area (Å²) in [7, 11) is 0. The van der Waals surface area contributed by atoms with Gasteiger partial charge in [0.1, 0.15) is 11.6 Å². The van der Waals surface area contributed by atoms with Crippen molar-refractivity contribution in [1.82, 2.24) is 15.3 Å². The third-order valence-electron chi connectivity index (χ3n) is 7.38. The second-order valence-corrected chi connectivity index (χ2v) is 10.4. The van der Waals surface area contributed by atoms with Gasteiger partial charge >= 0.3 is 0 Å². The van der Waals surface area contributed by atoms with Crippen molar-refractivity contribution in [2.75, 3.05) is 41.5 Å². The van der Waals surface area contributed by atoms with E-state index in [9.17, 15) is 0 Å². The molecule has 6 rings (SSSR count). The fraction of sp³-hybridized carbons (Fsp3) is 0.393. The summed E-state index contributed by atoms with van der Waals surface area (Å²) >= 11 is 5.62. The number of nitrogens with one attached hydrogen (secondary N) is 2. The largest absolute Gasteiger partial charge is 0.454 e. The molecule has 1 aromatic heterocycles. The van der Waals surface area contributed by atoms with Crippen LogP contribution in [0.15, 0.2) is 48.5 Å². The van der Waals surface area contributed by atoms with Gasteiger partial charge in [-0.25, -0.2) is 0 Å². The summed E-state index contributed by atoms with van der Waals surface area (Å²) in [6.07, 6.45) is 3.36. The number of anilines is 3. The number of hydrogen-bond donors (Lipinski definition) is 2. The number of benzene rings is 2. The molecule has 3 aliphatic rings. The molecular formula is C28H32N6O2S. The van der Waals surface area contributed by atoms with Crippen molar-refractivity contribution in [2.24, 2.45) is 5.92 Å². The Kier molecular flexibility index (Phi) is 6.70.